The van der Waals surface area contributed by atoms with E-state index in [2.05, 4.69) is 4.98 Å². The number of rotatable bonds is 5. The van der Waals surface area contributed by atoms with Gasteiger partial charge in [0.2, 0.25) is 0 Å². The second kappa shape index (κ2) is 5.90. The summed E-state index contributed by atoms with van der Waals surface area (Å²) in [7, 11) is 0. The number of ketones is 2. The van der Waals surface area contributed by atoms with E-state index in [4.69, 9.17) is 0 Å². The average Bonchev–Trinajstić information content (AvgIpc) is 3.38. The number of hydrogen-bond acceptors (Lipinski definition) is 4. The van der Waals surface area contributed by atoms with Crippen molar-refractivity contribution in [3.05, 3.63) is 46.6 Å². The smallest absolute Gasteiger partial charge is 0.278 e. The van der Waals surface area contributed by atoms with Gasteiger partial charge in [0.15, 0.2) is 5.78 Å². The number of fused-ring (bicyclic) bond motifs is 3. The minimum Gasteiger partial charge on any atom is -0.302 e. The van der Waals surface area contributed by atoms with Gasteiger partial charge in [-0.3, -0.25) is 18.8 Å². The van der Waals surface area contributed by atoms with Crippen molar-refractivity contribution in [2.24, 2.45) is 11.8 Å². The first kappa shape index (κ1) is 16.7. The van der Waals surface area contributed by atoms with Crippen LogP contribution >= 0.6 is 0 Å². The van der Waals surface area contributed by atoms with Gasteiger partial charge in [0.25, 0.3) is 5.56 Å². The van der Waals surface area contributed by atoms with Gasteiger partial charge < -0.3 is 4.57 Å². The maximum Gasteiger partial charge on any atom is 0.278 e. The topological polar surface area (TPSA) is 73.4 Å². The average molecular weight is 351 g/mol. The van der Waals surface area contributed by atoms with Crippen LogP contribution in [0, 0.1) is 11.8 Å². The Balaban J connectivity index is 1.97. The van der Waals surface area contributed by atoms with Gasteiger partial charge in [0.1, 0.15) is 23.3 Å². The molecule has 1 aromatic carbocycles. The van der Waals surface area contributed by atoms with Crippen LogP contribution in [0.5, 0.6) is 0 Å². The highest BCUT2D eigenvalue weighted by molar-refractivity contribution is 6.13. The number of aromatic nitrogens is 3. The molecule has 6 nitrogen and oxygen atoms in total. The van der Waals surface area contributed by atoms with E-state index in [0.29, 0.717) is 0 Å². The maximum absolute atomic E-state index is 13.2. The van der Waals surface area contributed by atoms with Crippen LogP contribution in [0.1, 0.15) is 50.1 Å². The third-order valence-electron chi connectivity index (χ3n) is 5.14. The first-order valence-electron chi connectivity index (χ1n) is 9.00. The molecule has 0 saturated heterocycles. The van der Waals surface area contributed by atoms with Gasteiger partial charge in [0.05, 0.1) is 17.0 Å². The SMILES string of the molecule is CC(C(=O)c1ncn2c1c(=O)n(C(C)C)c1ccccc12)C(=O)C1CC1. The number of para-hydroxylation sites is 2. The lowest BCUT2D eigenvalue weighted by atomic mass is 9.95. The van der Waals surface area contributed by atoms with Gasteiger partial charge in [-0.05, 0) is 45.7 Å². The molecule has 134 valence electrons. The number of hydrogen-bond donors (Lipinski definition) is 0. The van der Waals surface area contributed by atoms with E-state index in [0.717, 1.165) is 23.9 Å². The lowest BCUT2D eigenvalue weighted by molar-refractivity contribution is -0.122. The van der Waals surface area contributed by atoms with Gasteiger partial charge in [0, 0.05) is 12.0 Å². The van der Waals surface area contributed by atoms with Gasteiger partial charge in [-0.15, -0.1) is 0 Å². The molecule has 4 rings (SSSR count). The molecule has 0 bridgehead atoms. The summed E-state index contributed by atoms with van der Waals surface area (Å²) in [6, 6.07) is 7.48. The number of imidazole rings is 1. The fourth-order valence-electron chi connectivity index (χ4n) is 3.58. The third-order valence-corrected chi connectivity index (χ3v) is 5.14. The van der Waals surface area contributed by atoms with E-state index in [1.807, 2.05) is 38.1 Å². The van der Waals surface area contributed by atoms with E-state index >= 15 is 0 Å². The van der Waals surface area contributed by atoms with Crippen LogP contribution < -0.4 is 5.56 Å². The summed E-state index contributed by atoms with van der Waals surface area (Å²) in [4.78, 5) is 42.6. The van der Waals surface area contributed by atoms with Crippen LogP contribution in [-0.2, 0) is 4.79 Å². The normalized spacial score (nSPS) is 15.7. The quantitative estimate of drug-likeness (QED) is 0.523. The van der Waals surface area contributed by atoms with E-state index in [-0.39, 0.29) is 40.3 Å². The summed E-state index contributed by atoms with van der Waals surface area (Å²) in [5.41, 5.74) is 1.68. The molecule has 6 heteroatoms. The highest BCUT2D eigenvalue weighted by atomic mass is 16.2. The second-order valence-electron chi connectivity index (χ2n) is 7.33. The van der Waals surface area contributed by atoms with Crippen LogP contribution in [0.15, 0.2) is 35.4 Å². The van der Waals surface area contributed by atoms with Crippen LogP contribution in [0.2, 0.25) is 0 Å². The van der Waals surface area contributed by atoms with E-state index in [1.165, 1.54) is 6.33 Å². The van der Waals surface area contributed by atoms with Gasteiger partial charge >= 0.3 is 0 Å². The molecule has 3 aromatic rings. The third kappa shape index (κ3) is 2.40. The molecule has 2 aromatic heterocycles. The number of Topliss-reactive ketones (excluding diaryl/α,β-unsaturated/α-hetero) is 2. The van der Waals surface area contributed by atoms with Crippen LogP contribution in [0.25, 0.3) is 16.6 Å². The predicted octanol–water partition coefficient (Wildman–Crippen LogP) is 3.03. The van der Waals surface area contributed by atoms with E-state index < -0.39 is 5.92 Å². The summed E-state index contributed by atoms with van der Waals surface area (Å²) >= 11 is 0. The summed E-state index contributed by atoms with van der Waals surface area (Å²) in [6.45, 7) is 5.49. The Hall–Kier alpha value is -2.76. The van der Waals surface area contributed by atoms with Crippen LogP contribution in [0.3, 0.4) is 0 Å². The van der Waals surface area contributed by atoms with Gasteiger partial charge in [-0.2, -0.15) is 0 Å². The Morgan fingerprint density at radius 3 is 2.38 bits per heavy atom. The Morgan fingerprint density at radius 2 is 1.77 bits per heavy atom. The van der Waals surface area contributed by atoms with Crippen molar-refractivity contribution in [3.63, 3.8) is 0 Å². The molecule has 2 heterocycles. The summed E-state index contributed by atoms with van der Waals surface area (Å²) in [6.07, 6.45) is 3.21. The maximum atomic E-state index is 13.2. The van der Waals surface area contributed by atoms with Crippen molar-refractivity contribution < 1.29 is 9.59 Å². The largest absolute Gasteiger partial charge is 0.302 e. The van der Waals surface area contributed by atoms with Crippen molar-refractivity contribution >= 4 is 28.1 Å². The zero-order valence-electron chi connectivity index (χ0n) is 15.1. The second-order valence-corrected chi connectivity index (χ2v) is 7.33. The van der Waals surface area contributed by atoms with Crippen molar-refractivity contribution in [1.82, 2.24) is 14.0 Å². The Kier molecular flexibility index (Phi) is 3.79. The molecule has 1 aliphatic carbocycles. The standard InChI is InChI=1S/C20H21N3O3/c1-11(2)23-15-7-5-4-6-14(15)22-10-21-16(17(22)20(23)26)19(25)12(3)18(24)13-8-9-13/h4-7,10-13H,8-9H2,1-3H3. The Labute approximate surface area is 150 Å². The highest BCUT2D eigenvalue weighted by Crippen LogP contribution is 2.33. The number of carbonyl (C=O) groups excluding carboxylic acids is 2. The minimum absolute atomic E-state index is 0.00372. The Morgan fingerprint density at radius 1 is 1.12 bits per heavy atom. The molecule has 1 fully saturated rings. The molecular formula is C20H21N3O3. The zero-order chi connectivity index (χ0) is 18.6. The summed E-state index contributed by atoms with van der Waals surface area (Å²) in [5, 5.41) is 0. The van der Waals surface area contributed by atoms with Gasteiger partial charge in [-0.25, -0.2) is 4.98 Å². The van der Waals surface area contributed by atoms with E-state index in [9.17, 15) is 14.4 Å². The number of carbonyl (C=O) groups is 2. The van der Waals surface area contributed by atoms with Crippen molar-refractivity contribution in [2.75, 3.05) is 0 Å². The van der Waals surface area contributed by atoms with E-state index in [1.54, 1.807) is 15.9 Å². The molecule has 1 saturated carbocycles. The molecule has 0 radical (unpaired) electrons. The molecule has 1 aliphatic rings. The van der Waals surface area contributed by atoms with Crippen molar-refractivity contribution in [1.29, 1.82) is 0 Å². The lowest BCUT2D eigenvalue weighted by Gasteiger charge is -2.15. The first-order valence-corrected chi connectivity index (χ1v) is 9.00. The predicted molar refractivity (Wildman–Crippen MR) is 98.6 cm³/mol. The molecule has 0 spiro atoms. The number of benzene rings is 1. The molecule has 1 atom stereocenters. The molecule has 0 N–H and O–H groups in total. The first-order chi connectivity index (χ1) is 12.4. The lowest BCUT2D eigenvalue weighted by Crippen LogP contribution is -2.28. The number of nitrogens with zero attached hydrogens (tertiary/aromatic N) is 3. The molecule has 26 heavy (non-hydrogen) atoms. The highest BCUT2D eigenvalue weighted by Gasteiger charge is 2.37. The fourth-order valence-corrected chi connectivity index (χ4v) is 3.58. The zero-order valence-corrected chi connectivity index (χ0v) is 15.1. The van der Waals surface area contributed by atoms with Crippen LogP contribution in [0.4, 0.5) is 0 Å². The summed E-state index contributed by atoms with van der Waals surface area (Å²) in [5.74, 6) is -1.18. The van der Waals surface area contributed by atoms with Crippen molar-refractivity contribution in [3.8, 4) is 0 Å². The molecule has 0 amide bonds. The minimum atomic E-state index is -0.764. The molecule has 1 unspecified atom stereocenters. The fraction of sp³-hybridized carbons (Fsp3) is 0.400. The molecule has 0 aliphatic heterocycles. The monoisotopic (exact) mass is 351 g/mol. The van der Waals surface area contributed by atoms with Crippen molar-refractivity contribution in [2.45, 2.75) is 39.7 Å². The summed E-state index contributed by atoms with van der Waals surface area (Å²) < 4.78 is 3.34. The Bertz CT molecular complexity index is 1100. The molecular weight excluding hydrogens is 330 g/mol. The van der Waals surface area contributed by atoms with Gasteiger partial charge in [-0.1, -0.05) is 12.1 Å². The van der Waals surface area contributed by atoms with Crippen LogP contribution in [-0.4, -0.2) is 25.5 Å².